The second kappa shape index (κ2) is 18.7. The summed E-state index contributed by atoms with van der Waals surface area (Å²) in [6.07, 6.45) is 14.4. The molecule has 0 atom stereocenters. The smallest absolute Gasteiger partial charge is 0.343 e. The number of ether oxygens (including phenoxy) is 1. The molecule has 3 rings (SSSR count). The molecule has 1 N–H and O–H groups in total. The van der Waals surface area contributed by atoms with Crippen LogP contribution in [0, 0.1) is 0 Å². The molecule has 0 aromatic heterocycles. The van der Waals surface area contributed by atoms with Crippen LogP contribution >= 0.6 is 0 Å². The Hall–Kier alpha value is -3.60. The van der Waals surface area contributed by atoms with Crippen molar-refractivity contribution in [1.82, 2.24) is 0 Å². The van der Waals surface area contributed by atoms with E-state index < -0.39 is 5.97 Å². The third kappa shape index (κ3) is 11.4. The fourth-order valence-corrected chi connectivity index (χ4v) is 4.89. The highest BCUT2D eigenvalue weighted by Gasteiger charge is 2.19. The average Bonchev–Trinajstić information content (AvgIpc) is 3.01. The molecule has 5 nitrogen and oxygen atoms in total. The van der Waals surface area contributed by atoms with Gasteiger partial charge < -0.3 is 15.0 Å². The van der Waals surface area contributed by atoms with Gasteiger partial charge in [0.1, 0.15) is 5.75 Å². The van der Waals surface area contributed by atoms with Crippen LogP contribution in [0.25, 0.3) is 0 Å². The van der Waals surface area contributed by atoms with Crippen molar-refractivity contribution in [3.63, 3.8) is 0 Å². The summed E-state index contributed by atoms with van der Waals surface area (Å²) in [4.78, 5) is 28.3. The quantitative estimate of drug-likeness (QED) is 0.0907. The predicted octanol–water partition coefficient (Wildman–Crippen LogP) is 9.69. The number of hydrogen-bond donors (Lipinski definition) is 1. The molecule has 0 aliphatic rings. The van der Waals surface area contributed by atoms with E-state index in [2.05, 4.69) is 19.2 Å². The fourth-order valence-electron chi connectivity index (χ4n) is 4.89. The number of unbranched alkanes of at least 4 members (excludes halogenated alkanes) is 10. The number of hydrogen-bond acceptors (Lipinski definition) is 4. The molecule has 0 fully saturated rings. The minimum Gasteiger partial charge on any atom is -0.423 e. The van der Waals surface area contributed by atoms with Gasteiger partial charge in [0.05, 0.1) is 5.56 Å². The second-order valence-electron chi connectivity index (χ2n) is 10.7. The zero-order valence-electron chi connectivity index (χ0n) is 25.1. The van der Waals surface area contributed by atoms with Crippen LogP contribution in [-0.4, -0.2) is 25.0 Å². The molecule has 0 bridgehead atoms. The predicted molar refractivity (Wildman–Crippen MR) is 171 cm³/mol. The Morgan fingerprint density at radius 3 is 1.98 bits per heavy atom. The summed E-state index contributed by atoms with van der Waals surface area (Å²) in [7, 11) is 0. The number of nitrogens with one attached hydrogen (secondary N) is 1. The van der Waals surface area contributed by atoms with E-state index in [1.165, 1.54) is 57.8 Å². The summed E-state index contributed by atoms with van der Waals surface area (Å²) in [5.41, 5.74) is 2.87. The molecule has 0 saturated carbocycles. The van der Waals surface area contributed by atoms with Gasteiger partial charge in [-0.15, -0.1) is 0 Å². The summed E-state index contributed by atoms with van der Waals surface area (Å²) in [6, 6.07) is 24.0. The van der Waals surface area contributed by atoms with Crippen LogP contribution in [-0.2, 0) is 0 Å². The normalized spacial score (nSPS) is 10.8. The summed E-state index contributed by atoms with van der Waals surface area (Å²) in [5, 5.41) is 3.50. The lowest BCUT2D eigenvalue weighted by atomic mass is 10.1. The van der Waals surface area contributed by atoms with Gasteiger partial charge in [-0.05, 0) is 67.4 Å². The molecule has 5 heteroatoms. The number of nitrogens with zero attached hydrogens (tertiary/aromatic N) is 1. The van der Waals surface area contributed by atoms with Crippen molar-refractivity contribution in [2.45, 2.75) is 90.9 Å². The van der Waals surface area contributed by atoms with Gasteiger partial charge in [0.2, 0.25) is 0 Å². The molecular formula is C36H48N2O3. The van der Waals surface area contributed by atoms with E-state index in [-0.39, 0.29) is 5.91 Å². The number of amides is 1. The molecule has 0 heterocycles. The van der Waals surface area contributed by atoms with Crippen molar-refractivity contribution in [3.8, 4) is 5.75 Å². The molecule has 3 aromatic rings. The lowest BCUT2D eigenvalue weighted by Gasteiger charge is -2.24. The van der Waals surface area contributed by atoms with Gasteiger partial charge in [-0.3, -0.25) is 4.79 Å². The maximum Gasteiger partial charge on any atom is 0.343 e. The molecule has 0 unspecified atom stereocenters. The summed E-state index contributed by atoms with van der Waals surface area (Å²) in [6.45, 7) is 6.00. The molecule has 0 radical (unpaired) electrons. The van der Waals surface area contributed by atoms with E-state index in [9.17, 15) is 9.59 Å². The fraction of sp³-hybridized carbons (Fsp3) is 0.444. The maximum absolute atomic E-state index is 13.8. The highest BCUT2D eigenvalue weighted by atomic mass is 16.5. The lowest BCUT2D eigenvalue weighted by Crippen LogP contribution is -2.32. The number of esters is 1. The Labute approximate surface area is 247 Å². The SMILES string of the molecule is CCCCCCCCNc1cccc(C(=O)N(CCCCCCCC)c2ccc(C(=O)Oc3ccccc3)cc2)c1. The van der Waals surface area contributed by atoms with Crippen LogP contribution in [0.15, 0.2) is 78.9 Å². The largest absolute Gasteiger partial charge is 0.423 e. The number of anilines is 2. The van der Waals surface area contributed by atoms with E-state index in [1.807, 2.05) is 59.5 Å². The summed E-state index contributed by atoms with van der Waals surface area (Å²) >= 11 is 0. The maximum atomic E-state index is 13.8. The Morgan fingerprint density at radius 2 is 1.29 bits per heavy atom. The Bertz CT molecular complexity index is 1160. The van der Waals surface area contributed by atoms with Crippen LogP contribution < -0.4 is 15.0 Å². The summed E-state index contributed by atoms with van der Waals surface area (Å²) < 4.78 is 5.48. The average molecular weight is 557 g/mol. The minimum atomic E-state index is -0.416. The van der Waals surface area contributed by atoms with Crippen molar-refractivity contribution in [2.75, 3.05) is 23.3 Å². The number of rotatable bonds is 19. The minimum absolute atomic E-state index is 0.0265. The number of carbonyl (C=O) groups is 2. The first-order chi connectivity index (χ1) is 20.1. The van der Waals surface area contributed by atoms with E-state index in [4.69, 9.17) is 4.74 Å². The van der Waals surface area contributed by atoms with Gasteiger partial charge in [0.15, 0.2) is 0 Å². The van der Waals surface area contributed by atoms with Crippen molar-refractivity contribution in [1.29, 1.82) is 0 Å². The van der Waals surface area contributed by atoms with Crippen molar-refractivity contribution >= 4 is 23.3 Å². The molecule has 0 aliphatic carbocycles. The van der Waals surface area contributed by atoms with E-state index >= 15 is 0 Å². The zero-order valence-corrected chi connectivity index (χ0v) is 25.1. The van der Waals surface area contributed by atoms with Crippen molar-refractivity contribution in [3.05, 3.63) is 90.0 Å². The molecule has 0 spiro atoms. The van der Waals surface area contributed by atoms with E-state index in [0.29, 0.717) is 23.4 Å². The van der Waals surface area contributed by atoms with Crippen LogP contribution in [0.4, 0.5) is 11.4 Å². The molecule has 3 aromatic carbocycles. The molecule has 1 amide bonds. The molecule has 41 heavy (non-hydrogen) atoms. The highest BCUT2D eigenvalue weighted by Crippen LogP contribution is 2.22. The zero-order chi connectivity index (χ0) is 29.1. The number of carbonyl (C=O) groups excluding carboxylic acids is 2. The van der Waals surface area contributed by atoms with Crippen LogP contribution in [0.2, 0.25) is 0 Å². The van der Waals surface area contributed by atoms with Gasteiger partial charge in [-0.2, -0.15) is 0 Å². The van der Waals surface area contributed by atoms with Crippen molar-refractivity contribution in [2.24, 2.45) is 0 Å². The van der Waals surface area contributed by atoms with Gasteiger partial charge in [-0.25, -0.2) is 4.79 Å². The molecule has 0 saturated heterocycles. The Balaban J connectivity index is 1.66. The number of para-hydroxylation sites is 1. The molecule has 220 valence electrons. The first-order valence-corrected chi connectivity index (χ1v) is 15.7. The van der Waals surface area contributed by atoms with E-state index in [0.717, 1.165) is 37.2 Å². The second-order valence-corrected chi connectivity index (χ2v) is 10.7. The number of benzene rings is 3. The standard InChI is InChI=1S/C36H48N2O3/c1-3-5-7-9-11-16-27-37-32-20-18-19-31(29-32)35(39)38(28-17-12-10-8-6-4-2)33-25-23-30(24-26-33)36(40)41-34-21-14-13-15-22-34/h13-15,18-26,29,37H,3-12,16-17,27-28H2,1-2H3. The van der Waals surface area contributed by atoms with Crippen LogP contribution in [0.1, 0.15) is 112 Å². The lowest BCUT2D eigenvalue weighted by molar-refractivity contribution is 0.0734. The van der Waals surface area contributed by atoms with Gasteiger partial charge in [0.25, 0.3) is 5.91 Å². The monoisotopic (exact) mass is 556 g/mol. The topological polar surface area (TPSA) is 58.6 Å². The first kappa shape index (κ1) is 31.9. The first-order valence-electron chi connectivity index (χ1n) is 15.7. The summed E-state index contributed by atoms with van der Waals surface area (Å²) in [5.74, 6) is 0.0634. The van der Waals surface area contributed by atoms with Gasteiger partial charge >= 0.3 is 5.97 Å². The van der Waals surface area contributed by atoms with Crippen molar-refractivity contribution < 1.29 is 14.3 Å². The third-order valence-corrected chi connectivity index (χ3v) is 7.32. The van der Waals surface area contributed by atoms with Crippen LogP contribution in [0.5, 0.6) is 5.75 Å². The van der Waals surface area contributed by atoms with Gasteiger partial charge in [-0.1, -0.05) is 102 Å². The van der Waals surface area contributed by atoms with Crippen LogP contribution in [0.3, 0.4) is 0 Å². The Kier molecular flexibility index (Phi) is 14.6. The van der Waals surface area contributed by atoms with Gasteiger partial charge in [0, 0.05) is 30.0 Å². The molecule has 0 aliphatic heterocycles. The molecular weight excluding hydrogens is 508 g/mol. The highest BCUT2D eigenvalue weighted by molar-refractivity contribution is 6.06. The third-order valence-electron chi connectivity index (χ3n) is 7.32. The Morgan fingerprint density at radius 1 is 0.659 bits per heavy atom. The van der Waals surface area contributed by atoms with E-state index in [1.54, 1.807) is 24.3 Å².